The lowest BCUT2D eigenvalue weighted by Gasteiger charge is -2.41. The first-order chi connectivity index (χ1) is 18.4. The van der Waals surface area contributed by atoms with Gasteiger partial charge in [0.25, 0.3) is 5.91 Å². The minimum absolute atomic E-state index is 0.0681. The lowest BCUT2D eigenvalue weighted by Crippen LogP contribution is -2.54. The fourth-order valence-corrected chi connectivity index (χ4v) is 5.89. The van der Waals surface area contributed by atoms with Crippen LogP contribution in [0.3, 0.4) is 0 Å². The number of nitrogens with zero attached hydrogens (tertiary/aromatic N) is 6. The molecule has 198 valence electrons. The number of aromatic nitrogens is 1. The second-order valence-corrected chi connectivity index (χ2v) is 10.8. The van der Waals surface area contributed by atoms with E-state index in [2.05, 4.69) is 46.7 Å². The maximum Gasteiger partial charge on any atom is 0.270 e. The first-order valence-electron chi connectivity index (χ1n) is 13.3. The monoisotopic (exact) mass is 530 g/mol. The molecule has 5 rings (SSSR count). The van der Waals surface area contributed by atoms with E-state index in [0.717, 1.165) is 73.6 Å². The van der Waals surface area contributed by atoms with Crippen LogP contribution in [0.5, 0.6) is 0 Å². The molecule has 0 unspecified atom stereocenters. The lowest BCUT2D eigenvalue weighted by atomic mass is 10.1. The molecule has 0 radical (unpaired) electrons. The third-order valence-corrected chi connectivity index (χ3v) is 8.37. The molecule has 0 spiro atoms. The maximum absolute atomic E-state index is 13.7. The highest BCUT2D eigenvalue weighted by Crippen LogP contribution is 2.27. The molecule has 0 N–H and O–H groups in total. The molecule has 2 fully saturated rings. The molecule has 2 aromatic carbocycles. The third-order valence-electron chi connectivity index (χ3n) is 8.05. The van der Waals surface area contributed by atoms with E-state index in [1.165, 1.54) is 5.56 Å². The fourth-order valence-electron chi connectivity index (χ4n) is 5.64. The van der Waals surface area contributed by atoms with Crippen LogP contribution in [-0.4, -0.2) is 72.1 Å². The van der Waals surface area contributed by atoms with E-state index in [9.17, 15) is 10.1 Å². The number of piperazine rings is 2. The predicted molar refractivity (Wildman–Crippen MR) is 153 cm³/mol. The summed E-state index contributed by atoms with van der Waals surface area (Å²) in [6.45, 7) is 11.0. The fraction of sp³-hybridized carbons (Fsp3) is 0.400. The van der Waals surface area contributed by atoms with Crippen molar-refractivity contribution in [3.05, 3.63) is 82.1 Å². The summed E-state index contributed by atoms with van der Waals surface area (Å²) < 4.78 is 2.05. The van der Waals surface area contributed by atoms with Crippen LogP contribution in [0.25, 0.3) is 0 Å². The molecule has 2 saturated heterocycles. The number of carbonyl (C=O) groups is 1. The second-order valence-electron chi connectivity index (χ2n) is 10.4. The van der Waals surface area contributed by atoms with Crippen LogP contribution in [0, 0.1) is 18.3 Å². The van der Waals surface area contributed by atoms with Gasteiger partial charge >= 0.3 is 0 Å². The number of nitriles is 1. The Balaban J connectivity index is 1.22. The van der Waals surface area contributed by atoms with Crippen LogP contribution in [-0.2, 0) is 13.6 Å². The van der Waals surface area contributed by atoms with Crippen molar-refractivity contribution in [1.29, 1.82) is 5.26 Å². The zero-order valence-corrected chi connectivity index (χ0v) is 23.2. The van der Waals surface area contributed by atoms with E-state index in [0.29, 0.717) is 12.1 Å². The van der Waals surface area contributed by atoms with E-state index >= 15 is 0 Å². The van der Waals surface area contributed by atoms with Crippen LogP contribution in [0.15, 0.2) is 54.6 Å². The van der Waals surface area contributed by atoms with Crippen molar-refractivity contribution in [2.45, 2.75) is 26.4 Å². The smallest absolute Gasteiger partial charge is 0.270 e. The molecular weight excluding hydrogens is 496 g/mol. The van der Waals surface area contributed by atoms with Gasteiger partial charge in [-0.25, -0.2) is 0 Å². The van der Waals surface area contributed by atoms with Gasteiger partial charge in [-0.3, -0.25) is 9.69 Å². The molecule has 1 aromatic heterocycles. The Kier molecular flexibility index (Phi) is 7.64. The normalized spacial score (nSPS) is 18.5. The molecule has 3 heterocycles. The summed E-state index contributed by atoms with van der Waals surface area (Å²) in [6, 6.07) is 20.1. The Bertz CT molecular complexity index is 1350. The molecule has 2 aliphatic rings. The van der Waals surface area contributed by atoms with E-state index in [4.69, 9.17) is 11.6 Å². The molecule has 0 aliphatic carbocycles. The molecule has 0 bridgehead atoms. The Morgan fingerprint density at radius 3 is 2.45 bits per heavy atom. The predicted octanol–water partition coefficient (Wildman–Crippen LogP) is 4.53. The van der Waals surface area contributed by atoms with E-state index in [-0.39, 0.29) is 11.9 Å². The molecule has 38 heavy (non-hydrogen) atoms. The molecule has 3 aromatic rings. The molecular formula is C30H35ClN6O. The molecule has 7 nitrogen and oxygen atoms in total. The van der Waals surface area contributed by atoms with Crippen molar-refractivity contribution in [3.63, 3.8) is 0 Å². The van der Waals surface area contributed by atoms with Crippen molar-refractivity contribution in [1.82, 2.24) is 14.4 Å². The largest absolute Gasteiger partial charge is 0.368 e. The summed E-state index contributed by atoms with van der Waals surface area (Å²) in [7, 11) is 2.00. The van der Waals surface area contributed by atoms with Crippen molar-refractivity contribution in [2.75, 3.05) is 55.6 Å². The molecule has 0 saturated carbocycles. The van der Waals surface area contributed by atoms with Gasteiger partial charge in [-0.15, -0.1) is 0 Å². The Hall–Kier alpha value is -3.47. The number of anilines is 2. The van der Waals surface area contributed by atoms with Crippen molar-refractivity contribution in [2.24, 2.45) is 7.05 Å². The first kappa shape index (κ1) is 26.1. The summed E-state index contributed by atoms with van der Waals surface area (Å²) in [5.41, 5.74) is 5.90. The van der Waals surface area contributed by atoms with E-state index in [1.807, 2.05) is 59.0 Å². The Morgan fingerprint density at radius 1 is 1.00 bits per heavy atom. The molecule has 1 amide bonds. The average Bonchev–Trinajstić information content (AvgIpc) is 3.22. The number of hydrogen-bond donors (Lipinski definition) is 0. The summed E-state index contributed by atoms with van der Waals surface area (Å²) in [4.78, 5) is 22.7. The maximum atomic E-state index is 13.7. The minimum atomic E-state index is 0.0681. The number of para-hydroxylation sites is 1. The van der Waals surface area contributed by atoms with E-state index < -0.39 is 0 Å². The third kappa shape index (κ3) is 5.24. The average molecular weight is 531 g/mol. The molecule has 2 aliphatic heterocycles. The SMILES string of the molecule is Cc1c(CN2CCN(c3ccccc3Cl)CC2)cc(C(=O)N2CCN(c3cccc(C#N)c3)C[C@@H]2C)n1C. The lowest BCUT2D eigenvalue weighted by molar-refractivity contribution is 0.0664. The van der Waals surface area contributed by atoms with Gasteiger partial charge in [-0.05, 0) is 55.8 Å². The van der Waals surface area contributed by atoms with Gasteiger partial charge in [0, 0.05) is 76.8 Å². The topological polar surface area (TPSA) is 58.8 Å². The van der Waals surface area contributed by atoms with Crippen LogP contribution in [0.4, 0.5) is 11.4 Å². The zero-order valence-electron chi connectivity index (χ0n) is 22.4. The highest BCUT2D eigenvalue weighted by molar-refractivity contribution is 6.33. The van der Waals surface area contributed by atoms with Crippen molar-refractivity contribution in [3.8, 4) is 6.07 Å². The van der Waals surface area contributed by atoms with Crippen LogP contribution >= 0.6 is 11.6 Å². The number of amides is 1. The van der Waals surface area contributed by atoms with E-state index in [1.54, 1.807) is 0 Å². The van der Waals surface area contributed by atoms with Crippen LogP contribution < -0.4 is 9.80 Å². The van der Waals surface area contributed by atoms with Gasteiger partial charge in [-0.1, -0.05) is 29.8 Å². The number of carbonyl (C=O) groups excluding carboxylic acids is 1. The van der Waals surface area contributed by atoms with Gasteiger partial charge in [-0.2, -0.15) is 5.26 Å². The molecule has 8 heteroatoms. The Labute approximate surface area is 230 Å². The standard InChI is InChI=1S/C30H35ClN6O/c1-22-20-36(26-8-6-7-24(17-26)19-32)15-16-37(22)30(38)29-18-25(23(2)33(29)3)21-34-11-13-35(14-12-34)28-10-5-4-9-27(28)31/h4-10,17-18,22H,11-16,20-21H2,1-3H3/t22-/m0/s1. The highest BCUT2D eigenvalue weighted by Gasteiger charge is 2.31. The number of rotatable bonds is 5. The first-order valence-corrected chi connectivity index (χ1v) is 13.7. The second kappa shape index (κ2) is 11.1. The molecule has 1 atom stereocenters. The number of benzene rings is 2. The minimum Gasteiger partial charge on any atom is -0.368 e. The summed E-state index contributed by atoms with van der Waals surface area (Å²) >= 11 is 6.41. The van der Waals surface area contributed by atoms with Gasteiger partial charge < -0.3 is 19.3 Å². The van der Waals surface area contributed by atoms with Crippen molar-refractivity contribution < 1.29 is 4.79 Å². The quantitative estimate of drug-likeness (QED) is 0.485. The Morgan fingerprint density at radius 2 is 1.74 bits per heavy atom. The van der Waals surface area contributed by atoms with Gasteiger partial charge in [0.05, 0.1) is 22.3 Å². The summed E-state index contributed by atoms with van der Waals surface area (Å²) in [5.74, 6) is 0.0864. The van der Waals surface area contributed by atoms with Gasteiger partial charge in [0.2, 0.25) is 0 Å². The highest BCUT2D eigenvalue weighted by atomic mass is 35.5. The van der Waals surface area contributed by atoms with Crippen molar-refractivity contribution >= 4 is 28.9 Å². The zero-order chi connectivity index (χ0) is 26.8. The summed E-state index contributed by atoms with van der Waals surface area (Å²) in [6.07, 6.45) is 0. The summed E-state index contributed by atoms with van der Waals surface area (Å²) in [5, 5.41) is 10.0. The van der Waals surface area contributed by atoms with Gasteiger partial charge in [0.1, 0.15) is 5.69 Å². The number of hydrogen-bond acceptors (Lipinski definition) is 5. The van der Waals surface area contributed by atoms with Gasteiger partial charge in [0.15, 0.2) is 0 Å². The number of halogens is 1. The van der Waals surface area contributed by atoms with Crippen LogP contribution in [0.1, 0.15) is 34.2 Å². The van der Waals surface area contributed by atoms with Crippen LogP contribution in [0.2, 0.25) is 5.02 Å².